The summed E-state index contributed by atoms with van der Waals surface area (Å²) in [6.07, 6.45) is 7.68. The van der Waals surface area contributed by atoms with Gasteiger partial charge in [-0.2, -0.15) is 0 Å². The Kier molecular flexibility index (Phi) is 5.89. The van der Waals surface area contributed by atoms with Gasteiger partial charge in [-0.15, -0.1) is 0 Å². The number of benzene rings is 2. The van der Waals surface area contributed by atoms with Crippen LogP contribution in [-0.2, 0) is 4.79 Å². The van der Waals surface area contributed by atoms with Gasteiger partial charge in [0, 0.05) is 18.0 Å². The Hall–Kier alpha value is -2.75. The highest BCUT2D eigenvalue weighted by Crippen LogP contribution is 2.36. The number of hydrogen-bond acceptors (Lipinski definition) is 3. The summed E-state index contributed by atoms with van der Waals surface area (Å²) < 4.78 is 11.8. The Balaban J connectivity index is 1.56. The first-order valence-electron chi connectivity index (χ1n) is 10.5. The van der Waals surface area contributed by atoms with E-state index < -0.39 is 0 Å². The zero-order valence-corrected chi connectivity index (χ0v) is 17.2. The van der Waals surface area contributed by atoms with Crippen LogP contribution in [0.4, 0.5) is 0 Å². The van der Waals surface area contributed by atoms with E-state index in [4.69, 9.17) is 9.47 Å². The molecule has 29 heavy (non-hydrogen) atoms. The molecular weight excluding hydrogens is 362 g/mol. The number of ether oxygens (including phenoxy) is 2. The van der Waals surface area contributed by atoms with Gasteiger partial charge in [0.1, 0.15) is 0 Å². The topological polar surface area (TPSA) is 47.6 Å². The summed E-state index contributed by atoms with van der Waals surface area (Å²) in [5, 5.41) is 3.06. The molecule has 4 heteroatoms. The van der Waals surface area contributed by atoms with E-state index in [1.165, 1.54) is 24.0 Å². The molecule has 1 saturated heterocycles. The van der Waals surface area contributed by atoms with E-state index in [2.05, 4.69) is 36.5 Å². The predicted octanol–water partition coefficient (Wildman–Crippen LogP) is 5.01. The average Bonchev–Trinajstić information content (AvgIpc) is 3.23. The number of amides is 1. The molecule has 2 fully saturated rings. The molecule has 1 unspecified atom stereocenters. The van der Waals surface area contributed by atoms with Gasteiger partial charge in [-0.05, 0) is 68.4 Å². The molecule has 4 nitrogen and oxygen atoms in total. The minimum Gasteiger partial charge on any atom is -0.493 e. The molecule has 0 spiro atoms. The maximum absolute atomic E-state index is 12.4. The number of hydrogen-bond donors (Lipinski definition) is 1. The number of aryl methyl sites for hydroxylation is 1. The van der Waals surface area contributed by atoms with Crippen LogP contribution >= 0.6 is 0 Å². The van der Waals surface area contributed by atoms with Crippen molar-refractivity contribution in [3.8, 4) is 11.5 Å². The van der Waals surface area contributed by atoms with Crippen LogP contribution in [0.3, 0.4) is 0 Å². The van der Waals surface area contributed by atoms with Crippen molar-refractivity contribution in [3.05, 3.63) is 64.7 Å². The second-order valence-corrected chi connectivity index (χ2v) is 8.13. The highest BCUT2D eigenvalue weighted by Gasteiger charge is 2.26. The Morgan fingerprint density at radius 1 is 1.07 bits per heavy atom. The Labute approximate surface area is 172 Å². The van der Waals surface area contributed by atoms with Gasteiger partial charge in [0.15, 0.2) is 11.5 Å². The van der Waals surface area contributed by atoms with Crippen LogP contribution in [0, 0.1) is 6.92 Å². The minimum atomic E-state index is 0.0266. The third kappa shape index (κ3) is 4.64. The first-order valence-corrected chi connectivity index (χ1v) is 10.5. The molecule has 2 aromatic rings. The van der Waals surface area contributed by atoms with E-state index in [9.17, 15) is 4.79 Å². The summed E-state index contributed by atoms with van der Waals surface area (Å²) in [6, 6.07) is 14.4. The van der Waals surface area contributed by atoms with Gasteiger partial charge < -0.3 is 14.8 Å². The quantitative estimate of drug-likeness (QED) is 0.729. The van der Waals surface area contributed by atoms with Gasteiger partial charge >= 0.3 is 0 Å². The van der Waals surface area contributed by atoms with E-state index in [0.29, 0.717) is 6.54 Å². The van der Waals surface area contributed by atoms with E-state index in [0.717, 1.165) is 41.9 Å². The summed E-state index contributed by atoms with van der Waals surface area (Å²) in [6.45, 7) is 2.70. The van der Waals surface area contributed by atoms with Crippen molar-refractivity contribution in [3.63, 3.8) is 0 Å². The fourth-order valence-corrected chi connectivity index (χ4v) is 4.31. The molecule has 1 heterocycles. The lowest BCUT2D eigenvalue weighted by molar-refractivity contribution is -0.118. The minimum absolute atomic E-state index is 0.0266. The van der Waals surface area contributed by atoms with E-state index >= 15 is 0 Å². The zero-order valence-electron chi connectivity index (χ0n) is 17.2. The maximum Gasteiger partial charge on any atom is 0.247 e. The zero-order chi connectivity index (χ0) is 20.2. The van der Waals surface area contributed by atoms with Crippen molar-refractivity contribution < 1.29 is 14.3 Å². The van der Waals surface area contributed by atoms with Crippen molar-refractivity contribution in [1.29, 1.82) is 0 Å². The Morgan fingerprint density at radius 2 is 1.90 bits per heavy atom. The molecule has 152 valence electrons. The van der Waals surface area contributed by atoms with Crippen molar-refractivity contribution in [1.82, 2.24) is 5.32 Å². The third-order valence-electron chi connectivity index (χ3n) is 5.90. The summed E-state index contributed by atoms with van der Waals surface area (Å²) in [5.41, 5.74) is 4.25. The molecular formula is C25H29NO3. The SMILES string of the molecule is COc1ccc(C2CNC(=O)C(=Cc3cccc(C)c3)C2)cc1OC1CCCC1. The predicted molar refractivity (Wildman–Crippen MR) is 115 cm³/mol. The van der Waals surface area contributed by atoms with Crippen LogP contribution in [0.2, 0.25) is 0 Å². The monoisotopic (exact) mass is 391 g/mol. The van der Waals surface area contributed by atoms with Crippen LogP contribution in [-0.4, -0.2) is 25.7 Å². The van der Waals surface area contributed by atoms with Crippen LogP contribution < -0.4 is 14.8 Å². The molecule has 1 atom stereocenters. The number of carbonyl (C=O) groups excluding carboxylic acids is 1. The molecule has 1 aliphatic heterocycles. The van der Waals surface area contributed by atoms with Gasteiger partial charge in [-0.3, -0.25) is 4.79 Å². The van der Waals surface area contributed by atoms with Crippen molar-refractivity contribution in [2.24, 2.45) is 0 Å². The third-order valence-corrected chi connectivity index (χ3v) is 5.90. The first kappa shape index (κ1) is 19.6. The van der Waals surface area contributed by atoms with Crippen LogP contribution in [0.5, 0.6) is 11.5 Å². The molecule has 0 radical (unpaired) electrons. The van der Waals surface area contributed by atoms with Crippen LogP contribution in [0.1, 0.15) is 54.7 Å². The number of piperidine rings is 1. The number of methoxy groups -OCH3 is 1. The summed E-state index contributed by atoms with van der Waals surface area (Å²) in [7, 11) is 1.68. The molecule has 1 N–H and O–H groups in total. The lowest BCUT2D eigenvalue weighted by Gasteiger charge is -2.26. The fraction of sp³-hybridized carbons (Fsp3) is 0.400. The summed E-state index contributed by atoms with van der Waals surface area (Å²) in [4.78, 5) is 12.4. The largest absolute Gasteiger partial charge is 0.493 e. The highest BCUT2D eigenvalue weighted by molar-refractivity contribution is 5.98. The summed E-state index contributed by atoms with van der Waals surface area (Å²) in [5.74, 6) is 1.84. The second-order valence-electron chi connectivity index (χ2n) is 8.13. The molecule has 1 amide bonds. The Bertz CT molecular complexity index is 912. The van der Waals surface area contributed by atoms with Crippen molar-refractivity contribution in [2.75, 3.05) is 13.7 Å². The molecule has 4 rings (SSSR count). The highest BCUT2D eigenvalue weighted by atomic mass is 16.5. The summed E-state index contributed by atoms with van der Waals surface area (Å²) >= 11 is 0. The maximum atomic E-state index is 12.4. The smallest absolute Gasteiger partial charge is 0.247 e. The van der Waals surface area contributed by atoms with Gasteiger partial charge in [0.2, 0.25) is 5.91 Å². The molecule has 2 aliphatic rings. The second kappa shape index (κ2) is 8.73. The average molecular weight is 392 g/mol. The number of rotatable bonds is 5. The molecule has 2 aromatic carbocycles. The van der Waals surface area contributed by atoms with Crippen LogP contribution in [0.25, 0.3) is 6.08 Å². The molecule has 0 aromatic heterocycles. The molecule has 0 bridgehead atoms. The van der Waals surface area contributed by atoms with Crippen LogP contribution in [0.15, 0.2) is 48.0 Å². The van der Waals surface area contributed by atoms with E-state index in [-0.39, 0.29) is 17.9 Å². The van der Waals surface area contributed by atoms with Crippen molar-refractivity contribution >= 4 is 12.0 Å². The normalized spacial score (nSPS) is 21.2. The molecule has 1 aliphatic carbocycles. The molecule has 1 saturated carbocycles. The number of carbonyl (C=O) groups is 1. The van der Waals surface area contributed by atoms with Gasteiger partial charge in [-0.25, -0.2) is 0 Å². The fourth-order valence-electron chi connectivity index (χ4n) is 4.31. The lowest BCUT2D eigenvalue weighted by atomic mass is 9.87. The Morgan fingerprint density at radius 3 is 2.66 bits per heavy atom. The van der Waals surface area contributed by atoms with Gasteiger partial charge in [-0.1, -0.05) is 35.9 Å². The van der Waals surface area contributed by atoms with Gasteiger partial charge in [0.05, 0.1) is 13.2 Å². The van der Waals surface area contributed by atoms with E-state index in [1.807, 2.05) is 24.3 Å². The van der Waals surface area contributed by atoms with Gasteiger partial charge in [0.25, 0.3) is 0 Å². The van der Waals surface area contributed by atoms with Crippen molar-refractivity contribution in [2.45, 2.75) is 51.0 Å². The standard InChI is InChI=1S/C25H29NO3/c1-17-6-5-7-18(12-17)13-20-14-21(16-26-25(20)27)19-10-11-23(28-2)24(15-19)29-22-8-3-4-9-22/h5-7,10-13,15,21-22H,3-4,8-9,14,16H2,1-2H3,(H,26,27). The van der Waals surface area contributed by atoms with E-state index in [1.54, 1.807) is 7.11 Å². The number of nitrogens with one attached hydrogen (secondary N) is 1. The first-order chi connectivity index (χ1) is 14.1. The lowest BCUT2D eigenvalue weighted by Crippen LogP contribution is -2.35.